The second kappa shape index (κ2) is 4.37. The van der Waals surface area contributed by atoms with Crippen molar-refractivity contribution in [3.8, 4) is 0 Å². The van der Waals surface area contributed by atoms with E-state index in [0.717, 1.165) is 18.9 Å². The minimum atomic E-state index is 0.506. The van der Waals surface area contributed by atoms with Crippen LogP contribution >= 0.6 is 0 Å². The second-order valence-electron chi connectivity index (χ2n) is 3.83. The van der Waals surface area contributed by atoms with E-state index >= 15 is 0 Å². The summed E-state index contributed by atoms with van der Waals surface area (Å²) in [6, 6.07) is 2.33. The average molecular weight is 192 g/mol. The molecular formula is C10H16N4. The van der Waals surface area contributed by atoms with Gasteiger partial charge >= 0.3 is 0 Å². The van der Waals surface area contributed by atoms with Crippen LogP contribution in [-0.4, -0.2) is 22.6 Å². The normalized spacial score (nSPS) is 26.4. The van der Waals surface area contributed by atoms with Gasteiger partial charge in [0.2, 0.25) is 5.95 Å². The van der Waals surface area contributed by atoms with Crippen molar-refractivity contribution >= 4 is 5.95 Å². The number of nitrogens with two attached hydrogens (primary N) is 1. The molecule has 0 bridgehead atoms. The Morgan fingerprint density at radius 3 is 2.79 bits per heavy atom. The summed E-state index contributed by atoms with van der Waals surface area (Å²) in [4.78, 5) is 8.28. The minimum absolute atomic E-state index is 0.506. The van der Waals surface area contributed by atoms with Gasteiger partial charge < -0.3 is 11.1 Å². The highest BCUT2D eigenvalue weighted by Gasteiger charge is 2.23. The van der Waals surface area contributed by atoms with Crippen LogP contribution in [0.1, 0.15) is 19.3 Å². The Morgan fingerprint density at radius 2 is 2.14 bits per heavy atom. The molecule has 3 N–H and O–H groups in total. The molecule has 2 atom stereocenters. The van der Waals surface area contributed by atoms with Crippen molar-refractivity contribution in [1.29, 1.82) is 0 Å². The molecule has 0 aromatic carbocycles. The summed E-state index contributed by atoms with van der Waals surface area (Å²) in [7, 11) is 0. The molecule has 1 aromatic heterocycles. The van der Waals surface area contributed by atoms with E-state index in [9.17, 15) is 0 Å². The highest BCUT2D eigenvalue weighted by molar-refractivity contribution is 5.24. The van der Waals surface area contributed by atoms with E-state index in [1.54, 1.807) is 12.4 Å². The monoisotopic (exact) mass is 192 g/mol. The zero-order valence-corrected chi connectivity index (χ0v) is 8.19. The van der Waals surface area contributed by atoms with Crippen LogP contribution in [0, 0.1) is 5.92 Å². The van der Waals surface area contributed by atoms with Gasteiger partial charge in [0, 0.05) is 18.4 Å². The molecule has 2 rings (SSSR count). The van der Waals surface area contributed by atoms with Crippen LogP contribution in [0.2, 0.25) is 0 Å². The first kappa shape index (κ1) is 9.40. The van der Waals surface area contributed by atoms with Gasteiger partial charge in [0.05, 0.1) is 0 Å². The van der Waals surface area contributed by atoms with Gasteiger partial charge in [-0.25, -0.2) is 9.97 Å². The lowest BCUT2D eigenvalue weighted by Gasteiger charge is -2.11. The van der Waals surface area contributed by atoms with Crippen LogP contribution in [-0.2, 0) is 0 Å². The molecule has 14 heavy (non-hydrogen) atoms. The van der Waals surface area contributed by atoms with Gasteiger partial charge in [0.25, 0.3) is 0 Å². The fourth-order valence-electron chi connectivity index (χ4n) is 1.98. The number of rotatable bonds is 3. The van der Waals surface area contributed by atoms with Crippen molar-refractivity contribution in [2.24, 2.45) is 11.7 Å². The highest BCUT2D eigenvalue weighted by atomic mass is 15.1. The maximum absolute atomic E-state index is 5.63. The number of hydrogen-bond acceptors (Lipinski definition) is 4. The van der Waals surface area contributed by atoms with E-state index in [2.05, 4.69) is 15.3 Å². The third kappa shape index (κ3) is 2.20. The Bertz CT molecular complexity index is 275. The van der Waals surface area contributed by atoms with Gasteiger partial charge in [-0.1, -0.05) is 0 Å². The van der Waals surface area contributed by atoms with Crippen molar-refractivity contribution in [3.63, 3.8) is 0 Å². The smallest absolute Gasteiger partial charge is 0.222 e. The number of nitrogens with zero attached hydrogens (tertiary/aromatic N) is 2. The third-order valence-electron chi connectivity index (χ3n) is 2.77. The first-order valence-electron chi connectivity index (χ1n) is 5.12. The van der Waals surface area contributed by atoms with Gasteiger partial charge in [0.15, 0.2) is 0 Å². The highest BCUT2D eigenvalue weighted by Crippen LogP contribution is 2.26. The zero-order valence-electron chi connectivity index (χ0n) is 8.19. The fourth-order valence-corrected chi connectivity index (χ4v) is 1.98. The standard InChI is InChI=1S/C10H16N4/c11-7-8-2-3-9(6-8)14-10-12-4-1-5-13-10/h1,4-5,8-9H,2-3,6-7,11H2,(H,12,13,14). The van der Waals surface area contributed by atoms with Gasteiger partial charge in [-0.05, 0) is 37.8 Å². The molecule has 0 saturated heterocycles. The molecule has 4 heteroatoms. The molecule has 1 fully saturated rings. The van der Waals surface area contributed by atoms with Crippen LogP contribution in [0.25, 0.3) is 0 Å². The number of aromatic nitrogens is 2. The molecular weight excluding hydrogens is 176 g/mol. The maximum Gasteiger partial charge on any atom is 0.222 e. The maximum atomic E-state index is 5.63. The van der Waals surface area contributed by atoms with Crippen LogP contribution in [0.15, 0.2) is 18.5 Å². The number of anilines is 1. The molecule has 0 radical (unpaired) electrons. The molecule has 1 aliphatic rings. The van der Waals surface area contributed by atoms with Crippen molar-refractivity contribution in [2.45, 2.75) is 25.3 Å². The van der Waals surface area contributed by atoms with Crippen molar-refractivity contribution in [3.05, 3.63) is 18.5 Å². The lowest BCUT2D eigenvalue weighted by molar-refractivity contribution is 0.555. The van der Waals surface area contributed by atoms with Crippen LogP contribution in [0.5, 0.6) is 0 Å². The molecule has 1 aromatic rings. The molecule has 4 nitrogen and oxygen atoms in total. The Balaban J connectivity index is 1.88. The van der Waals surface area contributed by atoms with E-state index in [0.29, 0.717) is 12.0 Å². The molecule has 0 spiro atoms. The van der Waals surface area contributed by atoms with Gasteiger partial charge in [-0.2, -0.15) is 0 Å². The summed E-state index contributed by atoms with van der Waals surface area (Å²) >= 11 is 0. The summed E-state index contributed by atoms with van der Waals surface area (Å²) < 4.78 is 0. The van der Waals surface area contributed by atoms with E-state index in [-0.39, 0.29) is 0 Å². The molecule has 1 aliphatic carbocycles. The van der Waals surface area contributed by atoms with E-state index in [1.807, 2.05) is 6.07 Å². The molecule has 2 unspecified atom stereocenters. The van der Waals surface area contributed by atoms with Crippen molar-refractivity contribution in [1.82, 2.24) is 9.97 Å². The predicted octanol–water partition coefficient (Wildman–Crippen LogP) is 1.02. The lowest BCUT2D eigenvalue weighted by atomic mass is 10.1. The summed E-state index contributed by atoms with van der Waals surface area (Å²) in [5.74, 6) is 1.41. The van der Waals surface area contributed by atoms with Crippen LogP contribution in [0.4, 0.5) is 5.95 Å². The van der Waals surface area contributed by atoms with E-state index < -0.39 is 0 Å². The second-order valence-corrected chi connectivity index (χ2v) is 3.83. The topological polar surface area (TPSA) is 63.8 Å². The molecule has 76 valence electrons. The van der Waals surface area contributed by atoms with Gasteiger partial charge in [-0.15, -0.1) is 0 Å². The quantitative estimate of drug-likeness (QED) is 0.750. The van der Waals surface area contributed by atoms with Crippen LogP contribution < -0.4 is 11.1 Å². The van der Waals surface area contributed by atoms with Gasteiger partial charge in [-0.3, -0.25) is 0 Å². The minimum Gasteiger partial charge on any atom is -0.351 e. The number of hydrogen-bond donors (Lipinski definition) is 2. The Morgan fingerprint density at radius 1 is 1.36 bits per heavy atom. The largest absolute Gasteiger partial charge is 0.351 e. The summed E-state index contributed by atoms with van der Waals surface area (Å²) in [6.07, 6.45) is 7.06. The molecule has 0 amide bonds. The van der Waals surface area contributed by atoms with Crippen molar-refractivity contribution < 1.29 is 0 Å². The molecule has 1 heterocycles. The third-order valence-corrected chi connectivity index (χ3v) is 2.77. The lowest BCUT2D eigenvalue weighted by Crippen LogP contribution is -2.19. The molecule has 0 aliphatic heterocycles. The Hall–Kier alpha value is -1.16. The van der Waals surface area contributed by atoms with E-state index in [1.165, 1.54) is 12.8 Å². The SMILES string of the molecule is NCC1CCC(Nc2ncccn2)C1. The molecule has 1 saturated carbocycles. The Kier molecular flexibility index (Phi) is 2.93. The Labute approximate surface area is 83.9 Å². The van der Waals surface area contributed by atoms with Crippen LogP contribution in [0.3, 0.4) is 0 Å². The predicted molar refractivity (Wildman–Crippen MR) is 55.8 cm³/mol. The summed E-state index contributed by atoms with van der Waals surface area (Å²) in [6.45, 7) is 0.799. The average Bonchev–Trinajstić information content (AvgIpc) is 2.67. The summed E-state index contributed by atoms with van der Waals surface area (Å²) in [5.41, 5.74) is 5.63. The van der Waals surface area contributed by atoms with E-state index in [4.69, 9.17) is 5.73 Å². The van der Waals surface area contributed by atoms with Gasteiger partial charge in [0.1, 0.15) is 0 Å². The summed E-state index contributed by atoms with van der Waals surface area (Å²) in [5, 5.41) is 3.33. The first-order valence-corrected chi connectivity index (χ1v) is 5.12. The number of nitrogens with one attached hydrogen (secondary N) is 1. The van der Waals surface area contributed by atoms with Crippen molar-refractivity contribution in [2.75, 3.05) is 11.9 Å². The fraction of sp³-hybridized carbons (Fsp3) is 0.600. The first-order chi connectivity index (χ1) is 6.88. The zero-order chi connectivity index (χ0) is 9.80.